The molecule has 0 spiro atoms. The van der Waals surface area contributed by atoms with E-state index in [-0.39, 0.29) is 17.3 Å². The average Bonchev–Trinajstić information content (AvgIpc) is 3.52. The summed E-state index contributed by atoms with van der Waals surface area (Å²) in [5, 5.41) is 28.6. The van der Waals surface area contributed by atoms with Crippen molar-refractivity contribution in [3.63, 3.8) is 0 Å². The van der Waals surface area contributed by atoms with E-state index in [0.29, 0.717) is 24.9 Å². The minimum Gasteiger partial charge on any atom is -0.416 e. The van der Waals surface area contributed by atoms with Gasteiger partial charge in [0.05, 0.1) is 29.7 Å². The Labute approximate surface area is 232 Å². The third kappa shape index (κ3) is 6.35. The number of aromatic nitrogens is 6. The SMILES string of the molecule is CC(O)CN1CCc2cc(-c3ccnc(Nc4cnn(C)c4)n3)ccc2C(NC(=O)c2nnc(C(C)(C)C)o2)C1. The molecule has 1 amide bonds. The van der Waals surface area contributed by atoms with Crippen LogP contribution in [-0.4, -0.2) is 71.6 Å². The van der Waals surface area contributed by atoms with E-state index in [4.69, 9.17) is 9.40 Å². The summed E-state index contributed by atoms with van der Waals surface area (Å²) in [4.78, 5) is 24.4. The van der Waals surface area contributed by atoms with Crippen molar-refractivity contribution in [3.8, 4) is 11.3 Å². The number of hydrogen-bond acceptors (Lipinski definition) is 10. The second-order valence-corrected chi connectivity index (χ2v) is 11.3. The van der Waals surface area contributed by atoms with Gasteiger partial charge in [-0.25, -0.2) is 9.97 Å². The third-order valence-corrected chi connectivity index (χ3v) is 6.66. The van der Waals surface area contributed by atoms with Crippen molar-refractivity contribution in [1.29, 1.82) is 0 Å². The van der Waals surface area contributed by atoms with Crippen molar-refractivity contribution in [2.75, 3.05) is 25.0 Å². The van der Waals surface area contributed by atoms with Crippen LogP contribution in [0.4, 0.5) is 11.6 Å². The van der Waals surface area contributed by atoms with Gasteiger partial charge in [-0.05, 0) is 36.6 Å². The van der Waals surface area contributed by atoms with Gasteiger partial charge in [0.15, 0.2) is 0 Å². The maximum Gasteiger partial charge on any atom is 0.309 e. The summed E-state index contributed by atoms with van der Waals surface area (Å²) < 4.78 is 7.39. The molecule has 3 N–H and O–H groups in total. The fraction of sp³-hybridized carbons (Fsp3) is 0.429. The Kier molecular flexibility index (Phi) is 7.63. The second-order valence-electron chi connectivity index (χ2n) is 11.3. The number of carbonyl (C=O) groups excluding carboxylic acids is 1. The first-order valence-corrected chi connectivity index (χ1v) is 13.3. The fourth-order valence-corrected chi connectivity index (χ4v) is 4.74. The Hall–Kier alpha value is -4.16. The summed E-state index contributed by atoms with van der Waals surface area (Å²) in [6.07, 6.45) is 5.54. The number of β-amino-alcohol motifs (C(OH)–C–C–N with tert-alkyl or cyclic N) is 1. The Morgan fingerprint density at radius 2 is 2.08 bits per heavy atom. The van der Waals surface area contributed by atoms with Gasteiger partial charge in [0.2, 0.25) is 11.8 Å². The number of carbonyl (C=O) groups is 1. The molecule has 0 saturated carbocycles. The quantitative estimate of drug-likeness (QED) is 0.317. The van der Waals surface area contributed by atoms with Crippen molar-refractivity contribution in [2.45, 2.75) is 51.7 Å². The van der Waals surface area contributed by atoms with Gasteiger partial charge in [0.1, 0.15) is 0 Å². The monoisotopic (exact) mass is 545 g/mol. The topological polar surface area (TPSA) is 147 Å². The Morgan fingerprint density at radius 3 is 2.77 bits per heavy atom. The molecule has 0 bridgehead atoms. The molecule has 3 aromatic heterocycles. The zero-order valence-corrected chi connectivity index (χ0v) is 23.4. The number of aryl methyl sites for hydroxylation is 1. The molecule has 2 unspecified atom stereocenters. The van der Waals surface area contributed by atoms with Gasteiger partial charge in [-0.3, -0.25) is 14.4 Å². The summed E-state index contributed by atoms with van der Waals surface area (Å²) in [7, 11) is 1.85. The molecule has 1 aliphatic heterocycles. The van der Waals surface area contributed by atoms with E-state index in [1.54, 1.807) is 24.0 Å². The predicted octanol–water partition coefficient (Wildman–Crippen LogP) is 3.01. The number of anilines is 2. The molecule has 0 fully saturated rings. The first kappa shape index (κ1) is 27.4. The summed E-state index contributed by atoms with van der Waals surface area (Å²) in [5.41, 5.74) is 4.25. The zero-order chi connectivity index (χ0) is 28.4. The van der Waals surface area contributed by atoms with E-state index in [1.165, 1.54) is 0 Å². The fourth-order valence-electron chi connectivity index (χ4n) is 4.74. The molecule has 1 aromatic carbocycles. The van der Waals surface area contributed by atoms with Gasteiger partial charge < -0.3 is 20.2 Å². The van der Waals surface area contributed by atoms with E-state index in [9.17, 15) is 9.90 Å². The molecule has 4 aromatic rings. The van der Waals surface area contributed by atoms with Crippen LogP contribution in [0.15, 0.2) is 47.3 Å². The molecule has 4 heterocycles. The van der Waals surface area contributed by atoms with Crippen molar-refractivity contribution in [1.82, 2.24) is 40.2 Å². The highest BCUT2D eigenvalue weighted by Crippen LogP contribution is 2.30. The minimum absolute atomic E-state index is 0.0657. The minimum atomic E-state index is -0.495. The zero-order valence-electron chi connectivity index (χ0n) is 23.4. The highest BCUT2D eigenvalue weighted by Gasteiger charge is 2.29. The summed E-state index contributed by atoms with van der Waals surface area (Å²) in [6.45, 7) is 9.38. The summed E-state index contributed by atoms with van der Waals surface area (Å²) >= 11 is 0. The van der Waals surface area contributed by atoms with Crippen LogP contribution >= 0.6 is 0 Å². The summed E-state index contributed by atoms with van der Waals surface area (Å²) in [6, 6.07) is 7.68. The number of aliphatic hydroxyl groups is 1. The first-order valence-electron chi connectivity index (χ1n) is 13.3. The number of rotatable bonds is 7. The lowest BCUT2D eigenvalue weighted by Crippen LogP contribution is -2.40. The van der Waals surface area contributed by atoms with E-state index in [1.807, 2.05) is 52.2 Å². The Bertz CT molecular complexity index is 1490. The highest BCUT2D eigenvalue weighted by atomic mass is 16.4. The van der Waals surface area contributed by atoms with Gasteiger partial charge in [0.25, 0.3) is 0 Å². The van der Waals surface area contributed by atoms with Gasteiger partial charge >= 0.3 is 11.8 Å². The first-order chi connectivity index (χ1) is 19.0. The van der Waals surface area contributed by atoms with E-state index >= 15 is 0 Å². The van der Waals surface area contributed by atoms with Crippen LogP contribution in [-0.2, 0) is 18.9 Å². The van der Waals surface area contributed by atoms with Gasteiger partial charge in [0, 0.05) is 50.1 Å². The number of amides is 1. The highest BCUT2D eigenvalue weighted by molar-refractivity contribution is 5.89. The van der Waals surface area contributed by atoms with Crippen LogP contribution < -0.4 is 10.6 Å². The van der Waals surface area contributed by atoms with Crippen molar-refractivity contribution in [2.24, 2.45) is 7.05 Å². The van der Waals surface area contributed by atoms with E-state index in [0.717, 1.165) is 41.0 Å². The standard InChI is InChI=1S/C28H35N9O3/c1-17(38)14-37-11-9-18-12-19(22-8-10-29-27(33-22)31-20-13-30-36(5)15-20)6-7-21(18)23(16-37)32-24(39)25-34-35-26(40-25)28(2,3)4/h6-8,10,12-13,15,17,23,38H,9,11,14,16H2,1-5H3,(H,32,39)(H,29,31,33). The normalized spacial score (nSPS) is 16.7. The molecular formula is C28H35N9O3. The number of nitrogens with zero attached hydrogens (tertiary/aromatic N) is 7. The number of hydrogen-bond donors (Lipinski definition) is 3. The number of nitrogens with one attached hydrogen (secondary N) is 2. The molecule has 0 aliphatic carbocycles. The van der Waals surface area contributed by atoms with Crippen LogP contribution in [0.2, 0.25) is 0 Å². The molecular weight excluding hydrogens is 510 g/mol. The molecule has 210 valence electrons. The number of benzene rings is 1. The second kappa shape index (κ2) is 11.1. The van der Waals surface area contributed by atoms with Crippen molar-refractivity contribution < 1.29 is 14.3 Å². The van der Waals surface area contributed by atoms with E-state index < -0.39 is 12.0 Å². The molecule has 5 rings (SSSR count). The van der Waals surface area contributed by atoms with Crippen LogP contribution in [0.5, 0.6) is 0 Å². The number of aliphatic hydroxyl groups excluding tert-OH is 1. The van der Waals surface area contributed by atoms with Crippen LogP contribution in [0.25, 0.3) is 11.3 Å². The third-order valence-electron chi connectivity index (χ3n) is 6.66. The maximum atomic E-state index is 13.2. The van der Waals surface area contributed by atoms with Crippen molar-refractivity contribution >= 4 is 17.5 Å². The molecule has 0 radical (unpaired) electrons. The van der Waals surface area contributed by atoms with Crippen LogP contribution in [0.1, 0.15) is 61.4 Å². The van der Waals surface area contributed by atoms with E-state index in [2.05, 4.69) is 41.9 Å². The molecule has 1 aliphatic rings. The van der Waals surface area contributed by atoms with Gasteiger partial charge in [-0.2, -0.15) is 5.10 Å². The molecule has 12 nitrogen and oxygen atoms in total. The van der Waals surface area contributed by atoms with Gasteiger partial charge in [-0.1, -0.05) is 32.9 Å². The summed E-state index contributed by atoms with van der Waals surface area (Å²) in [5.74, 6) is 0.386. The Morgan fingerprint density at radius 1 is 1.25 bits per heavy atom. The molecule has 2 atom stereocenters. The van der Waals surface area contributed by atoms with Gasteiger partial charge in [-0.15, -0.1) is 10.2 Å². The smallest absolute Gasteiger partial charge is 0.309 e. The molecule has 40 heavy (non-hydrogen) atoms. The molecule has 0 saturated heterocycles. The maximum absolute atomic E-state index is 13.2. The number of fused-ring (bicyclic) bond motifs is 1. The lowest BCUT2D eigenvalue weighted by Gasteiger charge is -2.26. The average molecular weight is 546 g/mol. The predicted molar refractivity (Wildman–Crippen MR) is 149 cm³/mol. The lowest BCUT2D eigenvalue weighted by atomic mass is 9.96. The van der Waals surface area contributed by atoms with Crippen molar-refractivity contribution in [3.05, 3.63) is 65.8 Å². The molecule has 12 heteroatoms. The lowest BCUT2D eigenvalue weighted by molar-refractivity contribution is 0.0871. The largest absolute Gasteiger partial charge is 0.416 e. The van der Waals surface area contributed by atoms with Crippen LogP contribution in [0, 0.1) is 0 Å². The van der Waals surface area contributed by atoms with Crippen LogP contribution in [0.3, 0.4) is 0 Å². The Balaban J connectivity index is 1.41.